The molecule has 0 radical (unpaired) electrons. The number of hydrogen-bond donors (Lipinski definition) is 1. The van der Waals surface area contributed by atoms with Crippen LogP contribution in [0.4, 0.5) is 0 Å². The van der Waals surface area contributed by atoms with Crippen LogP contribution in [0.25, 0.3) is 0 Å². The molecule has 1 aromatic carbocycles. The Hall–Kier alpha value is -1.14. The number of ether oxygens (including phenoxy) is 1. The maximum absolute atomic E-state index is 12.2. The summed E-state index contributed by atoms with van der Waals surface area (Å²) in [5.74, 6) is 0.535. The molecule has 0 aliphatic carbocycles. The summed E-state index contributed by atoms with van der Waals surface area (Å²) in [6.07, 6.45) is 2.34. The van der Waals surface area contributed by atoms with Crippen molar-refractivity contribution < 1.29 is 9.53 Å². The standard InChI is InChI=1S/C15H19BrN2O2S/c1-10(2)20-13-6-5-11(9-12(13)16)14(19)17-15(21)18-7-3-4-8-18/h5-6,9-10H,3-4,7-8H2,1-2H3,(H,17,19,21). The van der Waals surface area contributed by atoms with E-state index in [0.29, 0.717) is 10.7 Å². The van der Waals surface area contributed by atoms with Crippen molar-refractivity contribution in [1.82, 2.24) is 10.2 Å². The number of likely N-dealkylation sites (tertiary alicyclic amines) is 1. The number of carbonyl (C=O) groups is 1. The molecule has 6 heteroatoms. The number of rotatable bonds is 3. The molecule has 4 nitrogen and oxygen atoms in total. The molecule has 0 bridgehead atoms. The van der Waals surface area contributed by atoms with Gasteiger partial charge in [0.25, 0.3) is 5.91 Å². The molecule has 0 unspecified atom stereocenters. The number of carbonyl (C=O) groups excluding carboxylic acids is 1. The fraction of sp³-hybridized carbons (Fsp3) is 0.467. The number of hydrogen-bond acceptors (Lipinski definition) is 3. The molecule has 1 aromatic rings. The van der Waals surface area contributed by atoms with Gasteiger partial charge in [-0.2, -0.15) is 0 Å². The average Bonchev–Trinajstić information content (AvgIpc) is 2.94. The number of nitrogens with one attached hydrogen (secondary N) is 1. The highest BCUT2D eigenvalue weighted by molar-refractivity contribution is 9.10. The maximum Gasteiger partial charge on any atom is 0.257 e. The van der Waals surface area contributed by atoms with Gasteiger partial charge in [-0.05, 0) is 73.0 Å². The Morgan fingerprint density at radius 2 is 2.05 bits per heavy atom. The summed E-state index contributed by atoms with van der Waals surface area (Å²) in [6.45, 7) is 5.76. The van der Waals surface area contributed by atoms with Crippen LogP contribution in [-0.4, -0.2) is 35.1 Å². The van der Waals surface area contributed by atoms with Crippen LogP contribution in [0.5, 0.6) is 5.75 Å². The van der Waals surface area contributed by atoms with Gasteiger partial charge in [-0.3, -0.25) is 10.1 Å². The molecular weight excluding hydrogens is 352 g/mol. The first-order chi connectivity index (χ1) is 9.97. The zero-order valence-corrected chi connectivity index (χ0v) is 14.6. The Bertz CT molecular complexity index is 542. The lowest BCUT2D eigenvalue weighted by molar-refractivity contribution is 0.0974. The third kappa shape index (κ3) is 4.41. The summed E-state index contributed by atoms with van der Waals surface area (Å²) >= 11 is 8.69. The van der Waals surface area contributed by atoms with Crippen molar-refractivity contribution in [2.45, 2.75) is 32.8 Å². The first-order valence-corrected chi connectivity index (χ1v) is 8.24. The largest absolute Gasteiger partial charge is 0.490 e. The molecule has 0 aromatic heterocycles. The van der Waals surface area contributed by atoms with Crippen LogP contribution in [0.2, 0.25) is 0 Å². The highest BCUT2D eigenvalue weighted by Crippen LogP contribution is 2.27. The molecule has 1 aliphatic heterocycles. The van der Waals surface area contributed by atoms with Gasteiger partial charge in [0.05, 0.1) is 10.6 Å². The average molecular weight is 371 g/mol. The zero-order chi connectivity index (χ0) is 15.4. The van der Waals surface area contributed by atoms with Crippen molar-refractivity contribution in [3.63, 3.8) is 0 Å². The van der Waals surface area contributed by atoms with E-state index in [1.165, 1.54) is 0 Å². The van der Waals surface area contributed by atoms with Gasteiger partial charge in [-0.15, -0.1) is 0 Å². The molecule has 2 rings (SSSR count). The Morgan fingerprint density at radius 1 is 1.38 bits per heavy atom. The fourth-order valence-electron chi connectivity index (χ4n) is 2.16. The van der Waals surface area contributed by atoms with Gasteiger partial charge >= 0.3 is 0 Å². The highest BCUT2D eigenvalue weighted by atomic mass is 79.9. The molecule has 0 atom stereocenters. The fourth-order valence-corrected chi connectivity index (χ4v) is 2.91. The summed E-state index contributed by atoms with van der Waals surface area (Å²) in [5.41, 5.74) is 0.555. The van der Waals surface area contributed by atoms with E-state index in [4.69, 9.17) is 17.0 Å². The molecular formula is C15H19BrN2O2S. The van der Waals surface area contributed by atoms with Gasteiger partial charge in [0.1, 0.15) is 5.75 Å². The number of nitrogens with zero attached hydrogens (tertiary/aromatic N) is 1. The number of benzene rings is 1. The molecule has 0 spiro atoms. The van der Waals surface area contributed by atoms with Gasteiger partial charge in [0.15, 0.2) is 5.11 Å². The molecule has 0 saturated carbocycles. The predicted molar refractivity (Wildman–Crippen MR) is 90.8 cm³/mol. The molecule has 1 heterocycles. The lowest BCUT2D eigenvalue weighted by Gasteiger charge is -2.19. The Morgan fingerprint density at radius 3 is 2.62 bits per heavy atom. The van der Waals surface area contributed by atoms with Crippen LogP contribution in [-0.2, 0) is 0 Å². The third-order valence-corrected chi connectivity index (χ3v) is 4.15. The highest BCUT2D eigenvalue weighted by Gasteiger charge is 2.18. The molecule has 21 heavy (non-hydrogen) atoms. The van der Waals surface area contributed by atoms with Crippen molar-refractivity contribution in [1.29, 1.82) is 0 Å². The van der Waals surface area contributed by atoms with Crippen LogP contribution >= 0.6 is 28.1 Å². The van der Waals surface area contributed by atoms with Crippen LogP contribution in [0.15, 0.2) is 22.7 Å². The minimum absolute atomic E-state index is 0.0868. The Kier molecular flexibility index (Phi) is 5.58. The maximum atomic E-state index is 12.2. The summed E-state index contributed by atoms with van der Waals surface area (Å²) < 4.78 is 6.39. The third-order valence-electron chi connectivity index (χ3n) is 3.17. The second-order valence-corrected chi connectivity index (χ2v) is 6.51. The van der Waals surface area contributed by atoms with E-state index in [9.17, 15) is 4.79 Å². The van der Waals surface area contributed by atoms with Gasteiger partial charge in [0, 0.05) is 18.7 Å². The quantitative estimate of drug-likeness (QED) is 0.828. The van der Waals surface area contributed by atoms with E-state index in [0.717, 1.165) is 36.2 Å². The molecule has 114 valence electrons. The molecule has 1 aliphatic rings. The molecule has 1 fully saturated rings. The smallest absolute Gasteiger partial charge is 0.257 e. The van der Waals surface area contributed by atoms with Crippen LogP contribution < -0.4 is 10.1 Å². The monoisotopic (exact) mass is 370 g/mol. The van der Waals surface area contributed by atoms with Crippen LogP contribution in [0.1, 0.15) is 37.0 Å². The first kappa shape index (κ1) is 16.2. The lowest BCUT2D eigenvalue weighted by atomic mass is 10.2. The zero-order valence-electron chi connectivity index (χ0n) is 12.2. The van der Waals surface area contributed by atoms with Crippen molar-refractivity contribution in [3.05, 3.63) is 28.2 Å². The molecule has 1 amide bonds. The molecule has 1 N–H and O–H groups in total. The first-order valence-electron chi connectivity index (χ1n) is 7.04. The Balaban J connectivity index is 2.02. The SMILES string of the molecule is CC(C)Oc1ccc(C(=O)NC(=S)N2CCCC2)cc1Br. The summed E-state index contributed by atoms with van der Waals surface area (Å²) in [6, 6.07) is 5.28. The topological polar surface area (TPSA) is 41.6 Å². The van der Waals surface area contributed by atoms with Crippen molar-refractivity contribution >= 4 is 39.2 Å². The van der Waals surface area contributed by atoms with Crippen molar-refractivity contribution in [2.24, 2.45) is 0 Å². The van der Waals surface area contributed by atoms with Gasteiger partial charge < -0.3 is 9.64 Å². The van der Waals surface area contributed by atoms with E-state index < -0.39 is 0 Å². The van der Waals surface area contributed by atoms with Gasteiger partial charge in [-0.1, -0.05) is 0 Å². The van der Waals surface area contributed by atoms with Gasteiger partial charge in [0.2, 0.25) is 0 Å². The van der Waals surface area contributed by atoms with E-state index in [1.54, 1.807) is 18.2 Å². The van der Waals surface area contributed by atoms with E-state index >= 15 is 0 Å². The van der Waals surface area contributed by atoms with E-state index in [-0.39, 0.29) is 12.0 Å². The number of halogens is 1. The summed E-state index contributed by atoms with van der Waals surface area (Å²) in [5, 5.41) is 3.29. The van der Waals surface area contributed by atoms with E-state index in [1.807, 2.05) is 18.7 Å². The Labute approximate surface area is 139 Å². The van der Waals surface area contributed by atoms with Crippen LogP contribution in [0.3, 0.4) is 0 Å². The normalized spacial score (nSPS) is 14.4. The number of thiocarbonyl (C=S) groups is 1. The minimum Gasteiger partial charge on any atom is -0.490 e. The number of amides is 1. The second kappa shape index (κ2) is 7.22. The second-order valence-electron chi connectivity index (χ2n) is 5.27. The summed E-state index contributed by atoms with van der Waals surface area (Å²) in [7, 11) is 0. The lowest BCUT2D eigenvalue weighted by Crippen LogP contribution is -2.41. The van der Waals surface area contributed by atoms with E-state index in [2.05, 4.69) is 21.2 Å². The minimum atomic E-state index is -0.191. The van der Waals surface area contributed by atoms with Gasteiger partial charge in [-0.25, -0.2) is 0 Å². The molecule has 1 saturated heterocycles. The summed E-state index contributed by atoms with van der Waals surface area (Å²) in [4.78, 5) is 14.2. The van der Waals surface area contributed by atoms with Crippen molar-refractivity contribution in [3.8, 4) is 5.75 Å². The van der Waals surface area contributed by atoms with Crippen LogP contribution in [0, 0.1) is 0 Å². The predicted octanol–water partition coefficient (Wildman–Crippen LogP) is 3.35. The van der Waals surface area contributed by atoms with Crippen molar-refractivity contribution in [2.75, 3.05) is 13.1 Å².